The Kier molecular flexibility index (Phi) is 5.31. The molecule has 144 valence electrons. The third-order valence-electron chi connectivity index (χ3n) is 4.80. The minimum atomic E-state index is -0.191. The number of aryl methyl sites for hydroxylation is 2. The van der Waals surface area contributed by atoms with Crippen LogP contribution in [-0.2, 0) is 4.79 Å². The molecule has 0 aliphatic rings. The quantitative estimate of drug-likeness (QED) is 0.712. The van der Waals surface area contributed by atoms with Crippen molar-refractivity contribution in [2.24, 2.45) is 0 Å². The molecule has 2 amide bonds. The van der Waals surface area contributed by atoms with Gasteiger partial charge in [0.15, 0.2) is 0 Å². The normalized spacial score (nSPS) is 10.6. The van der Waals surface area contributed by atoms with E-state index in [1.54, 1.807) is 12.4 Å². The Bertz CT molecular complexity index is 1050. The molecule has 2 N–H and O–H groups in total. The van der Waals surface area contributed by atoms with Crippen LogP contribution in [0.25, 0.3) is 5.69 Å². The molecule has 0 fully saturated rings. The third kappa shape index (κ3) is 3.67. The van der Waals surface area contributed by atoms with Crippen molar-refractivity contribution < 1.29 is 9.59 Å². The molecule has 1 aromatic carbocycles. The van der Waals surface area contributed by atoms with Gasteiger partial charge in [0.1, 0.15) is 0 Å². The Balaban J connectivity index is 1.94. The molecule has 3 rings (SSSR count). The maximum atomic E-state index is 13.0. The standard InChI is InChI=1S/C22H24N4O2/c1-13-8-9-20(15(3)21(13)24-17(5)27)25-22(28)19-11-14(2)26(16(19)4)18-7-6-10-23-12-18/h6-12H,1-5H3,(H,24,27)(H,25,28). The summed E-state index contributed by atoms with van der Waals surface area (Å²) in [6.45, 7) is 9.15. The minimum Gasteiger partial charge on any atom is -0.326 e. The summed E-state index contributed by atoms with van der Waals surface area (Å²) in [5.74, 6) is -0.335. The summed E-state index contributed by atoms with van der Waals surface area (Å²) in [7, 11) is 0. The lowest BCUT2D eigenvalue weighted by Gasteiger charge is -2.15. The SMILES string of the molecule is CC(=O)Nc1c(C)ccc(NC(=O)c2cc(C)n(-c3cccnc3)c2C)c1C. The van der Waals surface area contributed by atoms with E-state index in [0.717, 1.165) is 33.9 Å². The first kappa shape index (κ1) is 19.4. The highest BCUT2D eigenvalue weighted by molar-refractivity contribution is 6.06. The monoisotopic (exact) mass is 376 g/mol. The van der Waals surface area contributed by atoms with Gasteiger partial charge in [-0.15, -0.1) is 0 Å². The van der Waals surface area contributed by atoms with Crippen LogP contribution in [0, 0.1) is 27.7 Å². The van der Waals surface area contributed by atoms with Gasteiger partial charge in [-0.25, -0.2) is 0 Å². The van der Waals surface area contributed by atoms with E-state index < -0.39 is 0 Å². The van der Waals surface area contributed by atoms with Gasteiger partial charge in [0.2, 0.25) is 5.91 Å². The number of nitrogens with zero attached hydrogens (tertiary/aromatic N) is 2. The Morgan fingerprint density at radius 2 is 1.79 bits per heavy atom. The topological polar surface area (TPSA) is 76.0 Å². The van der Waals surface area contributed by atoms with E-state index in [4.69, 9.17) is 0 Å². The fourth-order valence-corrected chi connectivity index (χ4v) is 3.42. The molecular weight excluding hydrogens is 352 g/mol. The van der Waals surface area contributed by atoms with E-state index in [0.29, 0.717) is 11.3 Å². The van der Waals surface area contributed by atoms with E-state index in [-0.39, 0.29) is 11.8 Å². The molecule has 2 aromatic heterocycles. The molecule has 0 unspecified atom stereocenters. The van der Waals surface area contributed by atoms with Crippen LogP contribution in [0.4, 0.5) is 11.4 Å². The molecule has 0 atom stereocenters. The smallest absolute Gasteiger partial charge is 0.257 e. The van der Waals surface area contributed by atoms with Crippen LogP contribution >= 0.6 is 0 Å². The van der Waals surface area contributed by atoms with E-state index in [1.807, 2.05) is 62.6 Å². The fraction of sp³-hybridized carbons (Fsp3) is 0.227. The van der Waals surface area contributed by atoms with Crippen LogP contribution in [0.3, 0.4) is 0 Å². The molecule has 0 aliphatic carbocycles. The predicted octanol–water partition coefficient (Wildman–Crippen LogP) is 4.32. The van der Waals surface area contributed by atoms with Crippen molar-refractivity contribution in [3.05, 3.63) is 70.8 Å². The number of benzene rings is 1. The number of hydrogen-bond donors (Lipinski definition) is 2. The molecule has 2 heterocycles. The highest BCUT2D eigenvalue weighted by Crippen LogP contribution is 2.28. The second-order valence-electron chi connectivity index (χ2n) is 6.90. The molecule has 6 heteroatoms. The second-order valence-corrected chi connectivity index (χ2v) is 6.90. The van der Waals surface area contributed by atoms with Gasteiger partial charge in [0, 0.05) is 35.9 Å². The Labute approximate surface area is 164 Å². The first-order valence-electron chi connectivity index (χ1n) is 9.08. The number of rotatable bonds is 4. The van der Waals surface area contributed by atoms with Crippen molar-refractivity contribution in [1.82, 2.24) is 9.55 Å². The van der Waals surface area contributed by atoms with Crippen molar-refractivity contribution in [3.8, 4) is 5.69 Å². The van der Waals surface area contributed by atoms with Gasteiger partial charge in [-0.1, -0.05) is 6.07 Å². The van der Waals surface area contributed by atoms with Crippen molar-refractivity contribution in [1.29, 1.82) is 0 Å². The summed E-state index contributed by atoms with van der Waals surface area (Å²) in [6, 6.07) is 9.43. The molecule has 3 aromatic rings. The van der Waals surface area contributed by atoms with E-state index >= 15 is 0 Å². The van der Waals surface area contributed by atoms with Crippen molar-refractivity contribution in [2.75, 3.05) is 10.6 Å². The summed E-state index contributed by atoms with van der Waals surface area (Å²) >= 11 is 0. The van der Waals surface area contributed by atoms with Gasteiger partial charge < -0.3 is 15.2 Å². The van der Waals surface area contributed by atoms with Gasteiger partial charge in [0.05, 0.1) is 17.4 Å². The highest BCUT2D eigenvalue weighted by atomic mass is 16.2. The molecule has 0 saturated heterocycles. The van der Waals surface area contributed by atoms with E-state index in [1.165, 1.54) is 6.92 Å². The maximum absolute atomic E-state index is 13.0. The van der Waals surface area contributed by atoms with Crippen molar-refractivity contribution in [3.63, 3.8) is 0 Å². The van der Waals surface area contributed by atoms with Crippen molar-refractivity contribution in [2.45, 2.75) is 34.6 Å². The molecule has 0 spiro atoms. The summed E-state index contributed by atoms with van der Waals surface area (Å²) in [4.78, 5) is 28.6. The maximum Gasteiger partial charge on any atom is 0.257 e. The lowest BCUT2D eigenvalue weighted by atomic mass is 10.1. The first-order chi connectivity index (χ1) is 13.3. The van der Waals surface area contributed by atoms with Gasteiger partial charge >= 0.3 is 0 Å². The molecule has 0 aliphatic heterocycles. The Morgan fingerprint density at radius 3 is 2.43 bits per heavy atom. The first-order valence-corrected chi connectivity index (χ1v) is 9.08. The molecule has 6 nitrogen and oxygen atoms in total. The van der Waals surface area contributed by atoms with Crippen LogP contribution in [0.2, 0.25) is 0 Å². The number of aromatic nitrogens is 2. The van der Waals surface area contributed by atoms with Crippen molar-refractivity contribution >= 4 is 23.2 Å². The summed E-state index contributed by atoms with van der Waals surface area (Å²) in [5.41, 5.74) is 6.48. The van der Waals surface area contributed by atoms with Crippen LogP contribution in [0.5, 0.6) is 0 Å². The lowest BCUT2D eigenvalue weighted by molar-refractivity contribution is -0.114. The number of nitrogens with one attached hydrogen (secondary N) is 2. The van der Waals surface area contributed by atoms with Crippen LogP contribution in [-0.4, -0.2) is 21.4 Å². The van der Waals surface area contributed by atoms with Gasteiger partial charge in [-0.2, -0.15) is 0 Å². The summed E-state index contributed by atoms with van der Waals surface area (Å²) in [5, 5.41) is 5.82. The van der Waals surface area contributed by atoms with Crippen LogP contribution in [0.15, 0.2) is 42.7 Å². The largest absolute Gasteiger partial charge is 0.326 e. The number of carbonyl (C=O) groups excluding carboxylic acids is 2. The highest BCUT2D eigenvalue weighted by Gasteiger charge is 2.18. The number of hydrogen-bond acceptors (Lipinski definition) is 3. The average Bonchev–Trinajstić information content (AvgIpc) is 2.96. The van der Waals surface area contributed by atoms with Crippen LogP contribution < -0.4 is 10.6 Å². The average molecular weight is 376 g/mol. The zero-order chi connectivity index (χ0) is 20.4. The lowest BCUT2D eigenvalue weighted by Crippen LogP contribution is -2.15. The molecule has 0 saturated carbocycles. The predicted molar refractivity (Wildman–Crippen MR) is 111 cm³/mol. The number of amides is 2. The van der Waals surface area contributed by atoms with Gasteiger partial charge in [-0.3, -0.25) is 14.6 Å². The molecule has 0 bridgehead atoms. The van der Waals surface area contributed by atoms with Crippen LogP contribution in [0.1, 0.15) is 39.8 Å². The second kappa shape index (κ2) is 7.68. The van der Waals surface area contributed by atoms with E-state index in [2.05, 4.69) is 15.6 Å². The summed E-state index contributed by atoms with van der Waals surface area (Å²) < 4.78 is 2.01. The van der Waals surface area contributed by atoms with Gasteiger partial charge in [-0.05, 0) is 63.1 Å². The molecular formula is C22H24N4O2. The third-order valence-corrected chi connectivity index (χ3v) is 4.80. The van der Waals surface area contributed by atoms with E-state index in [9.17, 15) is 9.59 Å². The van der Waals surface area contributed by atoms with Gasteiger partial charge in [0.25, 0.3) is 5.91 Å². The number of pyridine rings is 1. The minimum absolute atomic E-state index is 0.144. The fourth-order valence-electron chi connectivity index (χ4n) is 3.42. The zero-order valence-electron chi connectivity index (χ0n) is 16.8. The Morgan fingerprint density at radius 1 is 1.04 bits per heavy atom. The molecule has 28 heavy (non-hydrogen) atoms. The molecule has 0 radical (unpaired) electrons. The number of carbonyl (C=O) groups is 2. The Hall–Kier alpha value is -3.41. The number of anilines is 2. The summed E-state index contributed by atoms with van der Waals surface area (Å²) in [6.07, 6.45) is 3.49. The zero-order valence-corrected chi connectivity index (χ0v) is 16.8.